The largest absolute Gasteiger partial charge is 0.491 e. The molecule has 0 aliphatic rings. The number of nitrogens with zero attached hydrogens (tertiary/aromatic N) is 1. The van der Waals surface area contributed by atoms with E-state index in [0.29, 0.717) is 19.1 Å². The van der Waals surface area contributed by atoms with Crippen molar-refractivity contribution < 1.29 is 4.74 Å². The molecule has 0 amide bonds. The maximum absolute atomic E-state index is 5.55. The quantitative estimate of drug-likeness (QED) is 0.765. The van der Waals surface area contributed by atoms with E-state index in [-0.39, 0.29) is 0 Å². The van der Waals surface area contributed by atoms with E-state index in [1.165, 1.54) is 0 Å². The summed E-state index contributed by atoms with van der Waals surface area (Å²) in [5.41, 5.74) is 6.34. The first-order valence-corrected chi connectivity index (χ1v) is 4.50. The maximum Gasteiger partial charge on any atom is 0.142 e. The van der Waals surface area contributed by atoms with Gasteiger partial charge in [-0.3, -0.25) is 4.98 Å². The van der Waals surface area contributed by atoms with Gasteiger partial charge in [0.1, 0.15) is 5.75 Å². The number of pyridine rings is 1. The summed E-state index contributed by atoms with van der Waals surface area (Å²) in [7, 11) is 0. The van der Waals surface area contributed by atoms with Crippen LogP contribution in [-0.4, -0.2) is 11.6 Å². The second kappa shape index (κ2) is 4.82. The summed E-state index contributed by atoms with van der Waals surface area (Å²) in [4.78, 5) is 4.13. The van der Waals surface area contributed by atoms with Crippen molar-refractivity contribution in [2.75, 3.05) is 6.61 Å². The van der Waals surface area contributed by atoms with E-state index in [0.717, 1.165) is 11.4 Å². The number of hydrogen-bond acceptors (Lipinski definition) is 3. The third-order valence-electron chi connectivity index (χ3n) is 1.61. The number of aromatic nitrogens is 1. The zero-order chi connectivity index (χ0) is 9.68. The summed E-state index contributed by atoms with van der Waals surface area (Å²) in [6.45, 7) is 5.35. The molecule has 0 aromatic carbocycles. The van der Waals surface area contributed by atoms with E-state index >= 15 is 0 Å². The van der Waals surface area contributed by atoms with Crippen molar-refractivity contribution in [3.8, 4) is 5.75 Å². The van der Waals surface area contributed by atoms with Crippen LogP contribution in [0.3, 0.4) is 0 Å². The molecule has 2 N–H and O–H groups in total. The van der Waals surface area contributed by atoms with Gasteiger partial charge in [-0.1, -0.05) is 13.8 Å². The van der Waals surface area contributed by atoms with Crippen molar-refractivity contribution in [3.63, 3.8) is 0 Å². The van der Waals surface area contributed by atoms with Crippen molar-refractivity contribution in [1.29, 1.82) is 0 Å². The fourth-order valence-corrected chi connectivity index (χ4v) is 0.964. The van der Waals surface area contributed by atoms with Crippen molar-refractivity contribution in [2.24, 2.45) is 11.7 Å². The van der Waals surface area contributed by atoms with Crippen LogP contribution in [0.25, 0.3) is 0 Å². The maximum atomic E-state index is 5.55. The molecule has 0 bridgehead atoms. The van der Waals surface area contributed by atoms with Crippen LogP contribution >= 0.6 is 0 Å². The second-order valence-corrected chi connectivity index (χ2v) is 3.36. The molecule has 0 atom stereocenters. The molecule has 0 spiro atoms. The van der Waals surface area contributed by atoms with Gasteiger partial charge in [0.2, 0.25) is 0 Å². The Morgan fingerprint density at radius 1 is 1.54 bits per heavy atom. The highest BCUT2D eigenvalue weighted by atomic mass is 16.5. The highest BCUT2D eigenvalue weighted by molar-refractivity contribution is 5.26. The van der Waals surface area contributed by atoms with Gasteiger partial charge >= 0.3 is 0 Å². The first kappa shape index (κ1) is 9.99. The minimum atomic E-state index is 0.425. The highest BCUT2D eigenvalue weighted by Crippen LogP contribution is 2.15. The molecule has 3 heteroatoms. The van der Waals surface area contributed by atoms with Crippen molar-refractivity contribution in [2.45, 2.75) is 20.4 Å². The Morgan fingerprint density at radius 2 is 2.31 bits per heavy atom. The molecule has 1 aromatic heterocycles. The molecule has 1 heterocycles. The molecule has 0 saturated heterocycles. The molecular formula is C10H16N2O. The molecule has 3 nitrogen and oxygen atoms in total. The third-order valence-corrected chi connectivity index (χ3v) is 1.61. The molecular weight excluding hydrogens is 164 g/mol. The Balaban J connectivity index is 2.64. The minimum Gasteiger partial charge on any atom is -0.491 e. The predicted octanol–water partition coefficient (Wildman–Crippen LogP) is 1.58. The fourth-order valence-electron chi connectivity index (χ4n) is 0.964. The van der Waals surface area contributed by atoms with Gasteiger partial charge in [-0.15, -0.1) is 0 Å². The van der Waals surface area contributed by atoms with Gasteiger partial charge in [0.25, 0.3) is 0 Å². The summed E-state index contributed by atoms with van der Waals surface area (Å²) in [5.74, 6) is 1.32. The topological polar surface area (TPSA) is 48.1 Å². The van der Waals surface area contributed by atoms with E-state index in [9.17, 15) is 0 Å². The Labute approximate surface area is 78.9 Å². The van der Waals surface area contributed by atoms with Crippen LogP contribution in [0.4, 0.5) is 0 Å². The summed E-state index contributed by atoms with van der Waals surface area (Å²) in [6.07, 6.45) is 1.73. The van der Waals surface area contributed by atoms with Crippen molar-refractivity contribution >= 4 is 0 Å². The Kier molecular flexibility index (Phi) is 3.71. The summed E-state index contributed by atoms with van der Waals surface area (Å²) in [5, 5.41) is 0. The SMILES string of the molecule is CC(C)COc1cccnc1CN. The van der Waals surface area contributed by atoms with Crippen molar-refractivity contribution in [3.05, 3.63) is 24.0 Å². The van der Waals surface area contributed by atoms with E-state index in [2.05, 4.69) is 18.8 Å². The highest BCUT2D eigenvalue weighted by Gasteiger charge is 2.02. The van der Waals surface area contributed by atoms with Gasteiger partial charge in [-0.05, 0) is 18.1 Å². The number of rotatable bonds is 4. The molecule has 1 aromatic rings. The van der Waals surface area contributed by atoms with Gasteiger partial charge in [0, 0.05) is 12.7 Å². The van der Waals surface area contributed by atoms with Crippen LogP contribution in [0.2, 0.25) is 0 Å². The molecule has 0 unspecified atom stereocenters. The van der Waals surface area contributed by atoms with Gasteiger partial charge in [0.15, 0.2) is 0 Å². The lowest BCUT2D eigenvalue weighted by Crippen LogP contribution is -2.08. The second-order valence-electron chi connectivity index (χ2n) is 3.36. The predicted molar refractivity (Wildman–Crippen MR) is 52.5 cm³/mol. The van der Waals surface area contributed by atoms with Crippen LogP contribution in [0.15, 0.2) is 18.3 Å². The van der Waals surface area contributed by atoms with Gasteiger partial charge < -0.3 is 10.5 Å². The Morgan fingerprint density at radius 3 is 2.92 bits per heavy atom. The third kappa shape index (κ3) is 3.03. The molecule has 0 aliphatic heterocycles. The lowest BCUT2D eigenvalue weighted by Gasteiger charge is -2.10. The number of nitrogens with two attached hydrogens (primary N) is 1. The average Bonchev–Trinajstić information content (AvgIpc) is 2.15. The lowest BCUT2D eigenvalue weighted by molar-refractivity contribution is 0.267. The van der Waals surface area contributed by atoms with E-state index in [1.807, 2.05) is 12.1 Å². The number of ether oxygens (including phenoxy) is 1. The van der Waals surface area contributed by atoms with E-state index in [1.54, 1.807) is 6.20 Å². The van der Waals surface area contributed by atoms with E-state index < -0.39 is 0 Å². The Hall–Kier alpha value is -1.09. The standard InChI is InChI=1S/C10H16N2O/c1-8(2)7-13-10-4-3-5-12-9(10)6-11/h3-5,8H,6-7,11H2,1-2H3. The molecule has 72 valence electrons. The normalized spacial score (nSPS) is 10.5. The van der Waals surface area contributed by atoms with Crippen LogP contribution in [0.5, 0.6) is 5.75 Å². The molecule has 0 aliphatic carbocycles. The smallest absolute Gasteiger partial charge is 0.142 e. The monoisotopic (exact) mass is 180 g/mol. The van der Waals surface area contributed by atoms with Gasteiger partial charge in [0.05, 0.1) is 12.3 Å². The fraction of sp³-hybridized carbons (Fsp3) is 0.500. The zero-order valence-corrected chi connectivity index (χ0v) is 8.16. The lowest BCUT2D eigenvalue weighted by atomic mass is 10.2. The van der Waals surface area contributed by atoms with Crippen LogP contribution in [0.1, 0.15) is 19.5 Å². The minimum absolute atomic E-state index is 0.425. The summed E-state index contributed by atoms with van der Waals surface area (Å²) < 4.78 is 5.55. The molecule has 0 saturated carbocycles. The van der Waals surface area contributed by atoms with Gasteiger partial charge in [-0.25, -0.2) is 0 Å². The summed E-state index contributed by atoms with van der Waals surface area (Å²) in [6, 6.07) is 3.76. The average molecular weight is 180 g/mol. The molecule has 1 rings (SSSR count). The number of hydrogen-bond donors (Lipinski definition) is 1. The first-order valence-electron chi connectivity index (χ1n) is 4.50. The first-order chi connectivity index (χ1) is 6.24. The van der Waals surface area contributed by atoms with Crippen molar-refractivity contribution in [1.82, 2.24) is 4.98 Å². The van der Waals surface area contributed by atoms with Crippen LogP contribution in [0, 0.1) is 5.92 Å². The van der Waals surface area contributed by atoms with Crippen LogP contribution < -0.4 is 10.5 Å². The van der Waals surface area contributed by atoms with Gasteiger partial charge in [-0.2, -0.15) is 0 Å². The Bertz CT molecular complexity index is 261. The zero-order valence-electron chi connectivity index (χ0n) is 8.16. The van der Waals surface area contributed by atoms with Crippen LogP contribution in [-0.2, 0) is 6.54 Å². The molecule has 13 heavy (non-hydrogen) atoms. The molecule has 0 fully saturated rings. The van der Waals surface area contributed by atoms with E-state index in [4.69, 9.17) is 10.5 Å². The molecule has 0 radical (unpaired) electrons. The summed E-state index contributed by atoms with van der Waals surface area (Å²) >= 11 is 0.